The highest BCUT2D eigenvalue weighted by molar-refractivity contribution is 4.73. The van der Waals surface area contributed by atoms with Gasteiger partial charge in [-0.05, 0) is 50.0 Å². The predicted molar refractivity (Wildman–Crippen MR) is 108 cm³/mol. The fraction of sp³-hybridized carbons (Fsp3) is 1.00. The lowest BCUT2D eigenvalue weighted by Crippen LogP contribution is -2.26. The van der Waals surface area contributed by atoms with E-state index in [4.69, 9.17) is 11.5 Å². The van der Waals surface area contributed by atoms with Crippen LogP contribution in [0.1, 0.15) is 106 Å². The normalized spacial score (nSPS) is 29.7. The maximum atomic E-state index is 5.73. The van der Waals surface area contributed by atoms with Crippen LogP contribution in [0.25, 0.3) is 0 Å². The third kappa shape index (κ3) is 14.0. The molecule has 2 fully saturated rings. The summed E-state index contributed by atoms with van der Waals surface area (Å²) in [5.41, 5.74) is 11.4. The molecule has 0 aliphatic heterocycles. The summed E-state index contributed by atoms with van der Waals surface area (Å²) in [4.78, 5) is 0. The molecule has 0 amide bonds. The maximum Gasteiger partial charge on any atom is 0.00413 e. The van der Waals surface area contributed by atoms with Gasteiger partial charge in [0.25, 0.3) is 0 Å². The van der Waals surface area contributed by atoms with Crippen molar-refractivity contribution in [3.05, 3.63) is 0 Å². The van der Waals surface area contributed by atoms with E-state index in [0.29, 0.717) is 6.04 Å². The van der Waals surface area contributed by atoms with E-state index in [2.05, 4.69) is 13.8 Å². The van der Waals surface area contributed by atoms with Crippen LogP contribution in [0.5, 0.6) is 0 Å². The summed E-state index contributed by atoms with van der Waals surface area (Å²) in [6.07, 6.45) is 13.7. The van der Waals surface area contributed by atoms with Gasteiger partial charge in [0.15, 0.2) is 0 Å². The monoisotopic (exact) mass is 328 g/mol. The van der Waals surface area contributed by atoms with Gasteiger partial charge in [-0.1, -0.05) is 80.1 Å². The standard InChI is InChI=1S/C10H21N.C7H15N.2C2H6/c1-2-4-9-5-3-6-10(7-9)8-11;1-6-3-2-4-7(8)5-6;2*1-2/h9-10H,2-8,11H2,1H3;6-7H,2-5,8H2,1H3;2*1-2H3. The highest BCUT2D eigenvalue weighted by Crippen LogP contribution is 2.30. The van der Waals surface area contributed by atoms with E-state index in [9.17, 15) is 0 Å². The van der Waals surface area contributed by atoms with Gasteiger partial charge in [0, 0.05) is 6.04 Å². The Labute approximate surface area is 148 Å². The van der Waals surface area contributed by atoms with E-state index >= 15 is 0 Å². The SMILES string of the molecule is CC.CC.CC1CCCC(N)C1.CCCC1CCCC(CN)C1. The Morgan fingerprint density at radius 2 is 1.39 bits per heavy atom. The Balaban J connectivity index is 0. The third-order valence-electron chi connectivity index (χ3n) is 4.90. The van der Waals surface area contributed by atoms with Crippen molar-refractivity contribution in [3.8, 4) is 0 Å². The highest BCUT2D eigenvalue weighted by Gasteiger charge is 2.19. The Kier molecular flexibility index (Phi) is 20.0. The fourth-order valence-electron chi connectivity index (χ4n) is 3.77. The average molecular weight is 329 g/mol. The van der Waals surface area contributed by atoms with Crippen molar-refractivity contribution in [3.63, 3.8) is 0 Å². The highest BCUT2D eigenvalue weighted by atomic mass is 14.6. The smallest absolute Gasteiger partial charge is 0.00413 e. The quantitative estimate of drug-likeness (QED) is 0.655. The Morgan fingerprint density at radius 3 is 1.83 bits per heavy atom. The molecule has 2 aliphatic rings. The second kappa shape index (κ2) is 18.3. The maximum absolute atomic E-state index is 5.73. The molecule has 4 N–H and O–H groups in total. The Bertz CT molecular complexity index is 208. The van der Waals surface area contributed by atoms with Gasteiger partial charge in [0.2, 0.25) is 0 Å². The first-order valence-electron chi connectivity index (χ1n) is 10.6. The molecule has 4 unspecified atom stereocenters. The molecule has 4 atom stereocenters. The molecule has 0 aromatic rings. The van der Waals surface area contributed by atoms with Crippen LogP contribution in [0.2, 0.25) is 0 Å². The number of hydrogen-bond acceptors (Lipinski definition) is 2. The fourth-order valence-corrected chi connectivity index (χ4v) is 3.77. The summed E-state index contributed by atoms with van der Waals surface area (Å²) in [6.45, 7) is 13.5. The van der Waals surface area contributed by atoms with Crippen molar-refractivity contribution in [2.45, 2.75) is 112 Å². The molecule has 142 valence electrons. The summed E-state index contributed by atoms with van der Waals surface area (Å²) in [6, 6.07) is 0.513. The lowest BCUT2D eigenvalue weighted by atomic mass is 9.79. The summed E-state index contributed by atoms with van der Waals surface area (Å²) in [7, 11) is 0. The zero-order valence-electron chi connectivity index (χ0n) is 17.2. The molecule has 0 spiro atoms. The van der Waals surface area contributed by atoms with Gasteiger partial charge in [-0.2, -0.15) is 0 Å². The van der Waals surface area contributed by atoms with Crippen LogP contribution in [0.3, 0.4) is 0 Å². The molecule has 23 heavy (non-hydrogen) atoms. The molecule has 0 bridgehead atoms. The van der Waals surface area contributed by atoms with Crippen LogP contribution in [0.15, 0.2) is 0 Å². The van der Waals surface area contributed by atoms with Crippen LogP contribution >= 0.6 is 0 Å². The first-order valence-corrected chi connectivity index (χ1v) is 10.6. The Morgan fingerprint density at radius 1 is 0.826 bits per heavy atom. The molecule has 2 nitrogen and oxygen atoms in total. The van der Waals surface area contributed by atoms with Gasteiger partial charge in [0.05, 0.1) is 0 Å². The number of nitrogens with two attached hydrogens (primary N) is 2. The van der Waals surface area contributed by atoms with E-state index in [1.165, 1.54) is 64.2 Å². The second-order valence-electron chi connectivity index (χ2n) is 6.95. The first kappa shape index (κ1) is 25.2. The third-order valence-corrected chi connectivity index (χ3v) is 4.90. The van der Waals surface area contributed by atoms with Gasteiger partial charge in [0.1, 0.15) is 0 Å². The lowest BCUT2D eigenvalue weighted by molar-refractivity contribution is 0.258. The molecule has 0 heterocycles. The topological polar surface area (TPSA) is 52.0 Å². The second-order valence-corrected chi connectivity index (χ2v) is 6.95. The zero-order valence-corrected chi connectivity index (χ0v) is 17.2. The van der Waals surface area contributed by atoms with Crippen molar-refractivity contribution < 1.29 is 0 Å². The van der Waals surface area contributed by atoms with E-state index in [1.807, 2.05) is 27.7 Å². The van der Waals surface area contributed by atoms with Crippen molar-refractivity contribution in [1.29, 1.82) is 0 Å². The average Bonchev–Trinajstić information content (AvgIpc) is 2.59. The molecule has 0 saturated heterocycles. The lowest BCUT2D eigenvalue weighted by Gasteiger charge is -2.27. The molecule has 0 radical (unpaired) electrons. The van der Waals surface area contributed by atoms with Crippen molar-refractivity contribution >= 4 is 0 Å². The van der Waals surface area contributed by atoms with Crippen molar-refractivity contribution in [1.82, 2.24) is 0 Å². The molecule has 2 rings (SSSR count). The minimum Gasteiger partial charge on any atom is -0.330 e. The zero-order chi connectivity index (χ0) is 18.1. The Hall–Kier alpha value is -0.0800. The summed E-state index contributed by atoms with van der Waals surface area (Å²) in [5.74, 6) is 2.74. The van der Waals surface area contributed by atoms with Crippen LogP contribution in [-0.2, 0) is 0 Å². The molecule has 0 aromatic carbocycles. The van der Waals surface area contributed by atoms with Gasteiger partial charge in [-0.15, -0.1) is 0 Å². The summed E-state index contributed by atoms with van der Waals surface area (Å²) in [5, 5.41) is 0. The molecule has 0 aromatic heterocycles. The predicted octanol–water partition coefficient (Wildman–Crippen LogP) is 6.13. The first-order chi connectivity index (χ1) is 11.2. The number of rotatable bonds is 3. The summed E-state index contributed by atoms with van der Waals surface area (Å²) < 4.78 is 0. The largest absolute Gasteiger partial charge is 0.330 e. The van der Waals surface area contributed by atoms with Gasteiger partial charge >= 0.3 is 0 Å². The molecule has 2 aliphatic carbocycles. The van der Waals surface area contributed by atoms with Gasteiger partial charge in [-0.25, -0.2) is 0 Å². The van der Waals surface area contributed by atoms with Gasteiger partial charge in [-0.3, -0.25) is 0 Å². The molecular formula is C21H48N2. The van der Waals surface area contributed by atoms with E-state index in [0.717, 1.165) is 24.3 Å². The van der Waals surface area contributed by atoms with Crippen molar-refractivity contribution in [2.24, 2.45) is 29.2 Å². The van der Waals surface area contributed by atoms with Crippen LogP contribution < -0.4 is 11.5 Å². The molecular weight excluding hydrogens is 280 g/mol. The van der Waals surface area contributed by atoms with Crippen LogP contribution in [0, 0.1) is 17.8 Å². The van der Waals surface area contributed by atoms with Crippen LogP contribution in [-0.4, -0.2) is 12.6 Å². The molecule has 2 heteroatoms. The van der Waals surface area contributed by atoms with E-state index < -0.39 is 0 Å². The number of hydrogen-bond donors (Lipinski definition) is 2. The van der Waals surface area contributed by atoms with E-state index in [-0.39, 0.29) is 0 Å². The minimum atomic E-state index is 0.513. The van der Waals surface area contributed by atoms with E-state index in [1.54, 1.807) is 0 Å². The minimum absolute atomic E-state index is 0.513. The van der Waals surface area contributed by atoms with Gasteiger partial charge < -0.3 is 11.5 Å². The van der Waals surface area contributed by atoms with Crippen molar-refractivity contribution in [2.75, 3.05) is 6.54 Å². The summed E-state index contributed by atoms with van der Waals surface area (Å²) >= 11 is 0. The van der Waals surface area contributed by atoms with Crippen LogP contribution in [0.4, 0.5) is 0 Å². The molecule has 2 saturated carbocycles.